The van der Waals surface area contributed by atoms with E-state index in [1.807, 2.05) is 0 Å². The zero-order valence-electron chi connectivity index (χ0n) is 10.7. The molecule has 0 fully saturated rings. The van der Waals surface area contributed by atoms with Crippen LogP contribution in [0.5, 0.6) is 0 Å². The fraction of sp³-hybridized carbons (Fsp3) is 0.467. The molecule has 0 bridgehead atoms. The number of hydrogen-bond acceptors (Lipinski definition) is 1. The summed E-state index contributed by atoms with van der Waals surface area (Å²) in [5.41, 5.74) is 10.3. The molecular formula is C15H19BrN2. The average molecular weight is 307 g/mol. The highest BCUT2D eigenvalue weighted by Crippen LogP contribution is 2.33. The first-order valence-corrected chi connectivity index (χ1v) is 7.50. The first-order valence-electron chi connectivity index (χ1n) is 6.71. The molecule has 3 heteroatoms. The van der Waals surface area contributed by atoms with Gasteiger partial charge >= 0.3 is 0 Å². The van der Waals surface area contributed by atoms with Crippen LogP contribution in [0.15, 0.2) is 22.8 Å². The summed E-state index contributed by atoms with van der Waals surface area (Å²) in [5.74, 6) is 0. The van der Waals surface area contributed by atoms with E-state index in [4.69, 9.17) is 5.73 Å². The van der Waals surface area contributed by atoms with Crippen LogP contribution in [-0.4, -0.2) is 10.6 Å². The molecule has 18 heavy (non-hydrogen) atoms. The van der Waals surface area contributed by atoms with Crippen LogP contribution in [-0.2, 0) is 19.4 Å². The summed E-state index contributed by atoms with van der Waals surface area (Å²) in [4.78, 5) is 0. The number of nitrogens with zero attached hydrogens (tertiary/aromatic N) is 1. The number of nitrogens with two attached hydrogens (primary N) is 1. The normalized spacial score (nSPS) is 16.2. The Morgan fingerprint density at radius 1 is 1.44 bits per heavy atom. The van der Waals surface area contributed by atoms with Crippen LogP contribution in [0.3, 0.4) is 0 Å². The zero-order valence-corrected chi connectivity index (χ0v) is 12.3. The van der Waals surface area contributed by atoms with Crippen molar-refractivity contribution < 1.29 is 0 Å². The Kier molecular flexibility index (Phi) is 3.20. The summed E-state index contributed by atoms with van der Waals surface area (Å²) < 4.78 is 3.63. The third kappa shape index (κ3) is 2.10. The van der Waals surface area contributed by atoms with Gasteiger partial charge in [-0.2, -0.15) is 0 Å². The molecule has 2 aromatic rings. The Morgan fingerprint density at radius 3 is 3.06 bits per heavy atom. The molecule has 1 aliphatic rings. The van der Waals surface area contributed by atoms with Crippen LogP contribution < -0.4 is 5.73 Å². The highest BCUT2D eigenvalue weighted by atomic mass is 79.9. The molecule has 0 saturated heterocycles. The molecule has 1 aromatic carbocycles. The SMILES string of the molecule is CC(N)CCc1cn2c3c(cc(Br)cc13)CCC2. The minimum absolute atomic E-state index is 0.278. The maximum absolute atomic E-state index is 5.88. The van der Waals surface area contributed by atoms with Crippen LogP contribution in [0, 0.1) is 0 Å². The Bertz CT molecular complexity index is 584. The van der Waals surface area contributed by atoms with Gasteiger partial charge in [-0.05, 0) is 55.9 Å². The topological polar surface area (TPSA) is 30.9 Å². The van der Waals surface area contributed by atoms with E-state index in [1.54, 1.807) is 0 Å². The lowest BCUT2D eigenvalue weighted by Gasteiger charge is -2.15. The smallest absolute Gasteiger partial charge is 0.0516 e. The van der Waals surface area contributed by atoms with Crippen molar-refractivity contribution in [2.75, 3.05) is 0 Å². The zero-order chi connectivity index (χ0) is 12.7. The van der Waals surface area contributed by atoms with Crippen molar-refractivity contribution in [3.8, 4) is 0 Å². The van der Waals surface area contributed by atoms with E-state index in [9.17, 15) is 0 Å². The van der Waals surface area contributed by atoms with Crippen molar-refractivity contribution in [3.63, 3.8) is 0 Å². The van der Waals surface area contributed by atoms with Gasteiger partial charge in [0.25, 0.3) is 0 Å². The van der Waals surface area contributed by atoms with Crippen molar-refractivity contribution in [1.82, 2.24) is 4.57 Å². The minimum atomic E-state index is 0.278. The van der Waals surface area contributed by atoms with E-state index >= 15 is 0 Å². The second-order valence-electron chi connectivity index (χ2n) is 5.43. The van der Waals surface area contributed by atoms with Gasteiger partial charge in [-0.25, -0.2) is 0 Å². The largest absolute Gasteiger partial charge is 0.347 e. The van der Waals surface area contributed by atoms with Crippen molar-refractivity contribution in [2.45, 2.75) is 45.2 Å². The minimum Gasteiger partial charge on any atom is -0.347 e. The maximum atomic E-state index is 5.88. The average Bonchev–Trinajstić information content (AvgIpc) is 2.66. The summed E-state index contributed by atoms with van der Waals surface area (Å²) >= 11 is 3.64. The molecule has 96 valence electrons. The van der Waals surface area contributed by atoms with E-state index in [1.165, 1.54) is 39.3 Å². The molecule has 1 unspecified atom stereocenters. The molecule has 0 spiro atoms. The molecule has 0 aliphatic carbocycles. The summed E-state index contributed by atoms with van der Waals surface area (Å²) in [6.07, 6.45) is 6.92. The quantitative estimate of drug-likeness (QED) is 0.922. The Hall–Kier alpha value is -0.800. The van der Waals surface area contributed by atoms with Gasteiger partial charge in [0.2, 0.25) is 0 Å². The number of aromatic nitrogens is 1. The number of hydrogen-bond donors (Lipinski definition) is 1. The third-order valence-corrected chi connectivity index (χ3v) is 4.27. The monoisotopic (exact) mass is 306 g/mol. The number of halogens is 1. The lowest BCUT2D eigenvalue weighted by atomic mass is 10.0. The van der Waals surface area contributed by atoms with Crippen molar-refractivity contribution in [2.24, 2.45) is 5.73 Å². The van der Waals surface area contributed by atoms with E-state index in [2.05, 4.69) is 45.8 Å². The third-order valence-electron chi connectivity index (χ3n) is 3.81. The first kappa shape index (κ1) is 12.2. The van der Waals surface area contributed by atoms with Crippen LogP contribution in [0.2, 0.25) is 0 Å². The number of rotatable bonds is 3. The maximum Gasteiger partial charge on any atom is 0.0516 e. The molecule has 0 amide bonds. The molecule has 2 N–H and O–H groups in total. The van der Waals surface area contributed by atoms with Crippen LogP contribution in [0.25, 0.3) is 10.9 Å². The predicted octanol–water partition coefficient (Wildman–Crippen LogP) is 3.63. The van der Waals surface area contributed by atoms with Gasteiger partial charge in [0, 0.05) is 28.6 Å². The second kappa shape index (κ2) is 4.71. The lowest BCUT2D eigenvalue weighted by Crippen LogP contribution is -2.15. The molecule has 1 atom stereocenters. The molecule has 0 radical (unpaired) electrons. The summed E-state index contributed by atoms with van der Waals surface area (Å²) in [6, 6.07) is 4.81. The molecular weight excluding hydrogens is 288 g/mol. The van der Waals surface area contributed by atoms with Crippen LogP contribution in [0.1, 0.15) is 30.9 Å². The highest BCUT2D eigenvalue weighted by Gasteiger charge is 2.16. The first-order chi connectivity index (χ1) is 8.65. The van der Waals surface area contributed by atoms with Crippen molar-refractivity contribution in [1.29, 1.82) is 0 Å². The Labute approximate surface area is 116 Å². The van der Waals surface area contributed by atoms with Gasteiger partial charge in [-0.15, -0.1) is 0 Å². The standard InChI is InChI=1S/C15H19BrN2/c1-10(17)4-5-12-9-18-6-2-3-11-7-13(16)8-14(12)15(11)18/h7-10H,2-6,17H2,1H3. The predicted molar refractivity (Wildman–Crippen MR) is 79.9 cm³/mol. The fourth-order valence-electron chi connectivity index (χ4n) is 2.95. The van der Waals surface area contributed by atoms with Gasteiger partial charge in [0.1, 0.15) is 0 Å². The number of aryl methyl sites for hydroxylation is 3. The Morgan fingerprint density at radius 2 is 2.28 bits per heavy atom. The van der Waals surface area contributed by atoms with Gasteiger partial charge in [-0.1, -0.05) is 15.9 Å². The molecule has 1 aliphatic heterocycles. The molecule has 3 rings (SSSR count). The Balaban J connectivity index is 2.10. The van der Waals surface area contributed by atoms with Crippen LogP contribution >= 0.6 is 15.9 Å². The lowest BCUT2D eigenvalue weighted by molar-refractivity contribution is 0.630. The highest BCUT2D eigenvalue weighted by molar-refractivity contribution is 9.10. The van der Waals surface area contributed by atoms with Crippen molar-refractivity contribution in [3.05, 3.63) is 33.9 Å². The van der Waals surface area contributed by atoms with Crippen LogP contribution in [0.4, 0.5) is 0 Å². The van der Waals surface area contributed by atoms with Gasteiger partial charge < -0.3 is 10.3 Å². The van der Waals surface area contributed by atoms with Gasteiger partial charge in [-0.3, -0.25) is 0 Å². The summed E-state index contributed by atoms with van der Waals surface area (Å²) in [6.45, 7) is 3.24. The number of benzene rings is 1. The van der Waals surface area contributed by atoms with Crippen molar-refractivity contribution >= 4 is 26.8 Å². The molecule has 2 nitrogen and oxygen atoms in total. The molecule has 0 saturated carbocycles. The molecule has 1 aromatic heterocycles. The van der Waals surface area contributed by atoms with E-state index in [0.29, 0.717) is 0 Å². The second-order valence-corrected chi connectivity index (χ2v) is 6.34. The fourth-order valence-corrected chi connectivity index (χ4v) is 3.46. The summed E-state index contributed by atoms with van der Waals surface area (Å²) in [7, 11) is 0. The van der Waals surface area contributed by atoms with E-state index < -0.39 is 0 Å². The molecule has 2 heterocycles. The van der Waals surface area contributed by atoms with E-state index in [-0.39, 0.29) is 6.04 Å². The van der Waals surface area contributed by atoms with E-state index in [0.717, 1.165) is 19.4 Å². The summed E-state index contributed by atoms with van der Waals surface area (Å²) in [5, 5.41) is 1.42. The van der Waals surface area contributed by atoms with Gasteiger partial charge in [0.15, 0.2) is 0 Å². The van der Waals surface area contributed by atoms with Gasteiger partial charge in [0.05, 0.1) is 5.52 Å².